The SMILES string of the molecule is Cc1ccc(S(=O)(=O)NC(CC(=O)NN)c2ccccc2)cc1. The average Bonchev–Trinajstić information content (AvgIpc) is 2.55. The molecule has 0 bridgehead atoms. The summed E-state index contributed by atoms with van der Waals surface area (Å²) in [4.78, 5) is 11.7. The van der Waals surface area contributed by atoms with Gasteiger partial charge in [-0.15, -0.1) is 0 Å². The van der Waals surface area contributed by atoms with Gasteiger partial charge in [0.05, 0.1) is 10.9 Å². The van der Waals surface area contributed by atoms with Gasteiger partial charge in [-0.1, -0.05) is 48.0 Å². The first-order chi connectivity index (χ1) is 10.9. The molecule has 2 rings (SSSR count). The van der Waals surface area contributed by atoms with Crippen LogP contribution >= 0.6 is 0 Å². The number of nitrogens with one attached hydrogen (secondary N) is 2. The fraction of sp³-hybridized carbons (Fsp3) is 0.188. The molecule has 0 saturated heterocycles. The van der Waals surface area contributed by atoms with Gasteiger partial charge in [0.25, 0.3) is 0 Å². The first kappa shape index (κ1) is 17.1. The number of carbonyl (C=O) groups is 1. The second kappa shape index (κ2) is 7.36. The molecule has 1 atom stereocenters. The zero-order chi connectivity index (χ0) is 16.9. The van der Waals surface area contributed by atoms with Crippen molar-refractivity contribution in [2.75, 3.05) is 0 Å². The van der Waals surface area contributed by atoms with Crippen LogP contribution in [0.2, 0.25) is 0 Å². The number of hydrogen-bond donors (Lipinski definition) is 3. The lowest BCUT2D eigenvalue weighted by molar-refractivity contribution is -0.121. The highest BCUT2D eigenvalue weighted by molar-refractivity contribution is 7.89. The molecule has 0 radical (unpaired) electrons. The minimum Gasteiger partial charge on any atom is -0.294 e. The van der Waals surface area contributed by atoms with Crippen molar-refractivity contribution in [3.05, 3.63) is 65.7 Å². The Morgan fingerprint density at radius 3 is 2.26 bits per heavy atom. The maximum atomic E-state index is 12.5. The number of benzene rings is 2. The molecular formula is C16H19N3O3S. The molecule has 2 aromatic carbocycles. The maximum absolute atomic E-state index is 12.5. The highest BCUT2D eigenvalue weighted by Gasteiger charge is 2.23. The molecule has 1 amide bonds. The molecule has 2 aromatic rings. The summed E-state index contributed by atoms with van der Waals surface area (Å²) in [6.07, 6.45) is -0.0917. The minimum atomic E-state index is -3.75. The van der Waals surface area contributed by atoms with Gasteiger partial charge in [0.1, 0.15) is 0 Å². The van der Waals surface area contributed by atoms with E-state index in [2.05, 4.69) is 4.72 Å². The number of amides is 1. The third-order valence-corrected chi connectivity index (χ3v) is 4.87. The molecular weight excluding hydrogens is 314 g/mol. The summed E-state index contributed by atoms with van der Waals surface area (Å²) in [6.45, 7) is 1.88. The molecule has 0 saturated carbocycles. The van der Waals surface area contributed by atoms with Gasteiger partial charge in [-0.2, -0.15) is 0 Å². The van der Waals surface area contributed by atoms with Gasteiger partial charge in [-0.25, -0.2) is 19.0 Å². The van der Waals surface area contributed by atoms with Crippen LogP contribution < -0.4 is 16.0 Å². The van der Waals surface area contributed by atoms with Crippen LogP contribution in [0.15, 0.2) is 59.5 Å². The van der Waals surface area contributed by atoms with Crippen LogP contribution in [0.4, 0.5) is 0 Å². The molecule has 7 heteroatoms. The lowest BCUT2D eigenvalue weighted by atomic mass is 10.0. The summed E-state index contributed by atoms with van der Waals surface area (Å²) in [7, 11) is -3.75. The van der Waals surface area contributed by atoms with Crippen molar-refractivity contribution in [1.82, 2.24) is 10.1 Å². The number of aryl methyl sites for hydroxylation is 1. The first-order valence-corrected chi connectivity index (χ1v) is 8.54. The Hall–Kier alpha value is -2.22. The number of nitrogens with two attached hydrogens (primary N) is 1. The molecule has 0 aliphatic heterocycles. The Morgan fingerprint density at radius 2 is 1.70 bits per heavy atom. The Labute approximate surface area is 135 Å². The van der Waals surface area contributed by atoms with E-state index in [0.717, 1.165) is 5.56 Å². The van der Waals surface area contributed by atoms with Crippen molar-refractivity contribution < 1.29 is 13.2 Å². The molecule has 4 N–H and O–H groups in total. The van der Waals surface area contributed by atoms with E-state index in [0.29, 0.717) is 5.56 Å². The second-order valence-electron chi connectivity index (χ2n) is 5.17. The molecule has 0 heterocycles. The molecule has 0 aromatic heterocycles. The minimum absolute atomic E-state index is 0.0917. The molecule has 0 spiro atoms. The van der Waals surface area contributed by atoms with Gasteiger partial charge in [0, 0.05) is 6.42 Å². The number of hydrazine groups is 1. The molecule has 6 nitrogen and oxygen atoms in total. The molecule has 122 valence electrons. The monoisotopic (exact) mass is 333 g/mol. The van der Waals surface area contributed by atoms with Crippen LogP contribution in [-0.2, 0) is 14.8 Å². The summed E-state index contributed by atoms with van der Waals surface area (Å²) in [5, 5.41) is 0. The van der Waals surface area contributed by atoms with E-state index in [1.807, 2.05) is 18.4 Å². The standard InChI is InChI=1S/C16H19N3O3S/c1-12-7-9-14(10-8-12)23(21,22)19-15(11-16(20)18-17)13-5-3-2-4-6-13/h2-10,15,19H,11,17H2,1H3,(H,18,20). The zero-order valence-electron chi connectivity index (χ0n) is 12.7. The van der Waals surface area contributed by atoms with Crippen molar-refractivity contribution in [2.45, 2.75) is 24.3 Å². The van der Waals surface area contributed by atoms with Crippen LogP contribution in [0, 0.1) is 6.92 Å². The number of hydrogen-bond acceptors (Lipinski definition) is 4. The summed E-state index contributed by atoms with van der Waals surface area (Å²) >= 11 is 0. The predicted octanol–water partition coefficient (Wildman–Crippen LogP) is 1.39. The van der Waals surface area contributed by atoms with E-state index in [1.54, 1.807) is 36.4 Å². The van der Waals surface area contributed by atoms with E-state index in [-0.39, 0.29) is 11.3 Å². The average molecular weight is 333 g/mol. The molecule has 23 heavy (non-hydrogen) atoms. The Kier molecular flexibility index (Phi) is 5.49. The van der Waals surface area contributed by atoms with Gasteiger partial charge in [-0.05, 0) is 24.6 Å². The summed E-state index contributed by atoms with van der Waals surface area (Å²) in [5.41, 5.74) is 3.68. The van der Waals surface area contributed by atoms with E-state index < -0.39 is 22.0 Å². The number of carbonyl (C=O) groups excluding carboxylic acids is 1. The topological polar surface area (TPSA) is 101 Å². The van der Waals surface area contributed by atoms with Gasteiger partial charge in [-0.3, -0.25) is 10.2 Å². The fourth-order valence-electron chi connectivity index (χ4n) is 2.13. The van der Waals surface area contributed by atoms with Crippen molar-refractivity contribution >= 4 is 15.9 Å². The van der Waals surface area contributed by atoms with Crippen LogP contribution in [-0.4, -0.2) is 14.3 Å². The van der Waals surface area contributed by atoms with E-state index in [1.165, 1.54) is 12.1 Å². The summed E-state index contributed by atoms with van der Waals surface area (Å²) in [5.74, 6) is 4.66. The third-order valence-electron chi connectivity index (χ3n) is 3.38. The molecule has 1 unspecified atom stereocenters. The fourth-order valence-corrected chi connectivity index (χ4v) is 3.35. The van der Waals surface area contributed by atoms with Crippen molar-refractivity contribution in [3.63, 3.8) is 0 Å². The zero-order valence-corrected chi connectivity index (χ0v) is 13.5. The van der Waals surface area contributed by atoms with Crippen molar-refractivity contribution in [1.29, 1.82) is 0 Å². The second-order valence-corrected chi connectivity index (χ2v) is 6.88. The highest BCUT2D eigenvalue weighted by Crippen LogP contribution is 2.20. The van der Waals surface area contributed by atoms with E-state index >= 15 is 0 Å². The summed E-state index contributed by atoms with van der Waals surface area (Å²) in [6, 6.07) is 14.7. The van der Waals surface area contributed by atoms with Crippen molar-refractivity contribution in [3.8, 4) is 0 Å². The first-order valence-electron chi connectivity index (χ1n) is 7.06. The number of rotatable bonds is 6. The predicted molar refractivity (Wildman–Crippen MR) is 87.6 cm³/mol. The van der Waals surface area contributed by atoms with Gasteiger partial charge < -0.3 is 0 Å². The molecule has 0 fully saturated rings. The summed E-state index contributed by atoms with van der Waals surface area (Å²) < 4.78 is 27.6. The largest absolute Gasteiger partial charge is 0.294 e. The quantitative estimate of drug-likeness (QED) is 0.422. The van der Waals surface area contributed by atoms with E-state index in [4.69, 9.17) is 5.84 Å². The Balaban J connectivity index is 2.29. The normalized spacial score (nSPS) is 12.6. The van der Waals surface area contributed by atoms with Crippen LogP contribution in [0.5, 0.6) is 0 Å². The van der Waals surface area contributed by atoms with Gasteiger partial charge >= 0.3 is 0 Å². The lowest BCUT2D eigenvalue weighted by Crippen LogP contribution is -2.36. The third kappa shape index (κ3) is 4.62. The van der Waals surface area contributed by atoms with Crippen LogP contribution in [0.25, 0.3) is 0 Å². The van der Waals surface area contributed by atoms with Crippen molar-refractivity contribution in [2.24, 2.45) is 5.84 Å². The number of sulfonamides is 1. The van der Waals surface area contributed by atoms with Crippen LogP contribution in [0.3, 0.4) is 0 Å². The van der Waals surface area contributed by atoms with Gasteiger partial charge in [0.2, 0.25) is 15.9 Å². The lowest BCUT2D eigenvalue weighted by Gasteiger charge is -2.18. The Bertz CT molecular complexity index is 759. The highest BCUT2D eigenvalue weighted by atomic mass is 32.2. The van der Waals surface area contributed by atoms with E-state index in [9.17, 15) is 13.2 Å². The molecule has 0 aliphatic rings. The smallest absolute Gasteiger partial charge is 0.241 e. The Morgan fingerprint density at radius 1 is 1.09 bits per heavy atom. The maximum Gasteiger partial charge on any atom is 0.241 e. The van der Waals surface area contributed by atoms with Gasteiger partial charge in [0.15, 0.2) is 0 Å². The van der Waals surface area contributed by atoms with Crippen LogP contribution in [0.1, 0.15) is 23.6 Å². The molecule has 0 aliphatic carbocycles.